The summed E-state index contributed by atoms with van der Waals surface area (Å²) in [5.41, 5.74) is 0. The molecule has 0 unspecified atom stereocenters. The highest BCUT2D eigenvalue weighted by Crippen LogP contribution is 2.21. The van der Waals surface area contributed by atoms with Crippen LogP contribution in [0.15, 0.2) is 17.3 Å². The molecule has 0 amide bonds. The second kappa shape index (κ2) is 5.67. The van der Waals surface area contributed by atoms with Crippen molar-refractivity contribution >= 4 is 28.9 Å². The second-order valence-corrected chi connectivity index (χ2v) is 6.03. The van der Waals surface area contributed by atoms with Crippen LogP contribution < -0.4 is 0 Å². The van der Waals surface area contributed by atoms with Crippen LogP contribution in [0.2, 0.25) is 0 Å². The summed E-state index contributed by atoms with van der Waals surface area (Å²) in [6.07, 6.45) is 0.980. The zero-order valence-corrected chi connectivity index (χ0v) is 12.3. The quantitative estimate of drug-likeness (QED) is 0.624. The van der Waals surface area contributed by atoms with Gasteiger partial charge in [-0.1, -0.05) is 18.7 Å². The van der Waals surface area contributed by atoms with E-state index in [4.69, 9.17) is 0 Å². The van der Waals surface area contributed by atoms with E-state index >= 15 is 0 Å². The van der Waals surface area contributed by atoms with E-state index in [-0.39, 0.29) is 5.78 Å². The van der Waals surface area contributed by atoms with Crippen molar-refractivity contribution < 1.29 is 4.79 Å². The van der Waals surface area contributed by atoms with E-state index in [2.05, 4.69) is 17.1 Å². The van der Waals surface area contributed by atoms with Crippen molar-refractivity contribution in [1.29, 1.82) is 0 Å². The van der Waals surface area contributed by atoms with Crippen molar-refractivity contribution in [3.05, 3.63) is 27.7 Å². The standard InChI is InChI=1S/C12H15N3OS2/c1-4-9-5-6-11(18-9)10(16)7-17-12-14-13-8(2)15(12)3/h5-6H,4,7H2,1-3H3. The van der Waals surface area contributed by atoms with Gasteiger partial charge in [0.25, 0.3) is 0 Å². The van der Waals surface area contributed by atoms with Gasteiger partial charge in [-0.3, -0.25) is 4.79 Å². The zero-order valence-electron chi connectivity index (χ0n) is 10.6. The molecule has 0 aliphatic rings. The third-order valence-corrected chi connectivity index (χ3v) is 4.96. The maximum Gasteiger partial charge on any atom is 0.191 e. The summed E-state index contributed by atoms with van der Waals surface area (Å²) < 4.78 is 1.89. The Morgan fingerprint density at radius 2 is 2.22 bits per heavy atom. The number of nitrogens with zero attached hydrogens (tertiary/aromatic N) is 3. The SMILES string of the molecule is CCc1ccc(C(=O)CSc2nnc(C)n2C)s1. The van der Waals surface area contributed by atoms with Crippen LogP contribution in [0.3, 0.4) is 0 Å². The molecule has 0 radical (unpaired) electrons. The summed E-state index contributed by atoms with van der Waals surface area (Å²) in [6, 6.07) is 3.93. The fraction of sp³-hybridized carbons (Fsp3) is 0.417. The van der Waals surface area contributed by atoms with Crippen LogP contribution in [0.1, 0.15) is 27.3 Å². The number of ketones is 1. The lowest BCUT2D eigenvalue weighted by Crippen LogP contribution is -2.01. The Bertz CT molecular complexity index is 559. The van der Waals surface area contributed by atoms with Gasteiger partial charge in [0.05, 0.1) is 10.6 Å². The van der Waals surface area contributed by atoms with Crippen molar-refractivity contribution in [2.24, 2.45) is 7.05 Å². The van der Waals surface area contributed by atoms with E-state index in [0.29, 0.717) is 5.75 Å². The molecule has 0 aliphatic carbocycles. The van der Waals surface area contributed by atoms with Crippen LogP contribution in [0.4, 0.5) is 0 Å². The maximum absolute atomic E-state index is 12.0. The average Bonchev–Trinajstić information content (AvgIpc) is 2.96. The fourth-order valence-electron chi connectivity index (χ4n) is 1.43. The highest BCUT2D eigenvalue weighted by atomic mass is 32.2. The number of thiophene rings is 1. The summed E-state index contributed by atoms with van der Waals surface area (Å²) in [4.78, 5) is 14.1. The van der Waals surface area contributed by atoms with E-state index in [1.165, 1.54) is 16.6 Å². The Balaban J connectivity index is 1.98. The number of hydrogen-bond donors (Lipinski definition) is 0. The maximum atomic E-state index is 12.0. The molecule has 2 rings (SSSR count). The predicted octanol–water partition coefficient (Wildman–Crippen LogP) is 2.72. The van der Waals surface area contributed by atoms with E-state index in [0.717, 1.165) is 22.3 Å². The molecule has 0 aromatic carbocycles. The third kappa shape index (κ3) is 2.81. The highest BCUT2D eigenvalue weighted by molar-refractivity contribution is 7.99. The molecule has 0 aliphatic heterocycles. The van der Waals surface area contributed by atoms with Crippen LogP contribution in [0, 0.1) is 6.92 Å². The molecule has 2 aromatic heterocycles. The Kier molecular flexibility index (Phi) is 4.19. The first kappa shape index (κ1) is 13.3. The van der Waals surface area contributed by atoms with Crippen molar-refractivity contribution in [3.8, 4) is 0 Å². The number of rotatable bonds is 5. The Morgan fingerprint density at radius 1 is 1.44 bits per heavy atom. The van der Waals surface area contributed by atoms with Crippen LogP contribution >= 0.6 is 23.1 Å². The fourth-order valence-corrected chi connectivity index (χ4v) is 3.25. The number of carbonyl (C=O) groups is 1. The summed E-state index contributed by atoms with van der Waals surface area (Å²) in [7, 11) is 1.91. The van der Waals surface area contributed by atoms with Gasteiger partial charge in [0.1, 0.15) is 5.82 Å². The monoisotopic (exact) mass is 281 g/mol. The Morgan fingerprint density at radius 3 is 2.78 bits per heavy atom. The number of carbonyl (C=O) groups excluding carboxylic acids is 1. The van der Waals surface area contributed by atoms with Gasteiger partial charge >= 0.3 is 0 Å². The predicted molar refractivity (Wildman–Crippen MR) is 74.5 cm³/mol. The topological polar surface area (TPSA) is 47.8 Å². The zero-order chi connectivity index (χ0) is 13.1. The van der Waals surface area contributed by atoms with Crippen LogP contribution in [-0.2, 0) is 13.5 Å². The summed E-state index contributed by atoms with van der Waals surface area (Å²) in [5, 5.41) is 8.78. The van der Waals surface area contributed by atoms with Gasteiger partial charge in [0, 0.05) is 11.9 Å². The molecule has 0 fully saturated rings. The number of hydrogen-bond acceptors (Lipinski definition) is 5. The lowest BCUT2D eigenvalue weighted by Gasteiger charge is -1.99. The lowest BCUT2D eigenvalue weighted by molar-refractivity contribution is 0.102. The molecule has 0 spiro atoms. The third-order valence-electron chi connectivity index (χ3n) is 2.67. The minimum atomic E-state index is 0.158. The number of aromatic nitrogens is 3. The first-order chi connectivity index (χ1) is 8.61. The molecule has 0 saturated carbocycles. The Hall–Kier alpha value is -1.14. The molecule has 0 N–H and O–H groups in total. The normalized spacial score (nSPS) is 10.8. The minimum absolute atomic E-state index is 0.158. The average molecular weight is 281 g/mol. The van der Waals surface area contributed by atoms with E-state index in [1.54, 1.807) is 11.3 Å². The first-order valence-corrected chi connectivity index (χ1v) is 7.52. The molecule has 4 nitrogen and oxygen atoms in total. The van der Waals surface area contributed by atoms with Gasteiger partial charge in [-0.15, -0.1) is 21.5 Å². The van der Waals surface area contributed by atoms with Gasteiger partial charge < -0.3 is 4.57 Å². The Labute approximate surface area is 114 Å². The van der Waals surface area contributed by atoms with Crippen molar-refractivity contribution in [2.75, 3.05) is 5.75 Å². The largest absolute Gasteiger partial charge is 0.309 e. The highest BCUT2D eigenvalue weighted by Gasteiger charge is 2.12. The summed E-state index contributed by atoms with van der Waals surface area (Å²) in [5.74, 6) is 1.43. The lowest BCUT2D eigenvalue weighted by atomic mass is 10.3. The smallest absolute Gasteiger partial charge is 0.191 e. The van der Waals surface area contributed by atoms with Gasteiger partial charge in [-0.25, -0.2) is 0 Å². The molecule has 2 aromatic rings. The van der Waals surface area contributed by atoms with Gasteiger partial charge in [0.15, 0.2) is 10.9 Å². The molecule has 6 heteroatoms. The van der Waals surface area contributed by atoms with E-state index in [9.17, 15) is 4.79 Å². The van der Waals surface area contributed by atoms with Gasteiger partial charge in [-0.2, -0.15) is 0 Å². The van der Waals surface area contributed by atoms with Gasteiger partial charge in [-0.05, 0) is 25.5 Å². The van der Waals surface area contributed by atoms with Gasteiger partial charge in [0.2, 0.25) is 0 Å². The second-order valence-electron chi connectivity index (χ2n) is 3.92. The van der Waals surface area contributed by atoms with E-state index in [1.807, 2.05) is 30.7 Å². The molecular weight excluding hydrogens is 266 g/mol. The summed E-state index contributed by atoms with van der Waals surface area (Å²) in [6.45, 7) is 3.99. The van der Waals surface area contributed by atoms with Crippen molar-refractivity contribution in [2.45, 2.75) is 25.4 Å². The number of thioether (sulfide) groups is 1. The van der Waals surface area contributed by atoms with Crippen molar-refractivity contribution in [3.63, 3.8) is 0 Å². The van der Waals surface area contributed by atoms with Crippen LogP contribution in [0.5, 0.6) is 0 Å². The number of Topliss-reactive ketones (excluding diaryl/α,β-unsaturated/α-hetero) is 1. The molecule has 0 atom stereocenters. The molecule has 0 saturated heterocycles. The minimum Gasteiger partial charge on any atom is -0.309 e. The summed E-state index contributed by atoms with van der Waals surface area (Å²) >= 11 is 3.01. The molecule has 2 heterocycles. The van der Waals surface area contributed by atoms with Crippen LogP contribution in [-0.4, -0.2) is 26.3 Å². The van der Waals surface area contributed by atoms with Crippen LogP contribution in [0.25, 0.3) is 0 Å². The molecule has 96 valence electrons. The molecule has 18 heavy (non-hydrogen) atoms. The van der Waals surface area contributed by atoms with E-state index < -0.39 is 0 Å². The molecular formula is C12H15N3OS2. The first-order valence-electron chi connectivity index (χ1n) is 5.72. The van der Waals surface area contributed by atoms with Crippen molar-refractivity contribution in [1.82, 2.24) is 14.8 Å². The number of aryl methyl sites for hydroxylation is 2. The molecule has 0 bridgehead atoms.